The molecule has 0 amide bonds. The summed E-state index contributed by atoms with van der Waals surface area (Å²) in [5.74, 6) is 0. The molecule has 18 heavy (non-hydrogen) atoms. The van der Waals surface area contributed by atoms with Crippen LogP contribution in [0.2, 0.25) is 5.02 Å². The Bertz CT molecular complexity index is 577. The molecule has 1 unspecified atom stereocenters. The van der Waals surface area contributed by atoms with Crippen LogP contribution in [0.25, 0.3) is 0 Å². The average Bonchev–Trinajstić information content (AvgIpc) is 2.82. The predicted octanol–water partition coefficient (Wildman–Crippen LogP) is 4.61. The van der Waals surface area contributed by atoms with Crippen LogP contribution >= 0.6 is 11.6 Å². The summed E-state index contributed by atoms with van der Waals surface area (Å²) < 4.78 is 0. The smallest absolute Gasteiger partial charge is 0.0555 e. The third kappa shape index (κ3) is 1.99. The van der Waals surface area contributed by atoms with Gasteiger partial charge in [-0.1, -0.05) is 48.9 Å². The van der Waals surface area contributed by atoms with Gasteiger partial charge in [0.2, 0.25) is 0 Å². The number of hydrogen-bond donors (Lipinski definition) is 1. The van der Waals surface area contributed by atoms with E-state index in [4.69, 9.17) is 11.6 Å². The molecule has 92 valence electrons. The molecule has 2 aromatic carbocycles. The van der Waals surface area contributed by atoms with Crippen molar-refractivity contribution in [2.24, 2.45) is 0 Å². The minimum absolute atomic E-state index is 0.353. The van der Waals surface area contributed by atoms with Crippen LogP contribution in [-0.4, -0.2) is 0 Å². The molecule has 0 spiro atoms. The lowest BCUT2D eigenvalue weighted by Crippen LogP contribution is -2.06. The molecule has 1 atom stereocenters. The summed E-state index contributed by atoms with van der Waals surface area (Å²) in [7, 11) is 0. The fourth-order valence-corrected chi connectivity index (χ4v) is 2.87. The maximum atomic E-state index is 6.07. The minimum atomic E-state index is 0.353. The minimum Gasteiger partial charge on any atom is -0.377 e. The second-order valence-electron chi connectivity index (χ2n) is 4.76. The maximum Gasteiger partial charge on any atom is 0.0555 e. The Hall–Kier alpha value is -1.47. The standard InChI is InChI=1S/C16H16ClN/c1-2-11-5-3-7-13-10-15(18-16(11)13)12-6-4-8-14(17)9-12/h3-9,15,18H,2,10H2,1H3. The second-order valence-corrected chi connectivity index (χ2v) is 5.20. The summed E-state index contributed by atoms with van der Waals surface area (Å²) in [4.78, 5) is 0. The summed E-state index contributed by atoms with van der Waals surface area (Å²) in [6.07, 6.45) is 2.11. The van der Waals surface area contributed by atoms with Gasteiger partial charge in [-0.05, 0) is 41.7 Å². The predicted molar refractivity (Wildman–Crippen MR) is 77.3 cm³/mol. The van der Waals surface area contributed by atoms with Crippen molar-refractivity contribution in [1.29, 1.82) is 0 Å². The van der Waals surface area contributed by atoms with Crippen LogP contribution in [0.1, 0.15) is 29.7 Å². The zero-order valence-corrected chi connectivity index (χ0v) is 11.2. The number of para-hydroxylation sites is 1. The van der Waals surface area contributed by atoms with E-state index in [1.54, 1.807) is 0 Å². The highest BCUT2D eigenvalue weighted by atomic mass is 35.5. The van der Waals surface area contributed by atoms with Crippen LogP contribution in [0.3, 0.4) is 0 Å². The number of rotatable bonds is 2. The Morgan fingerprint density at radius 3 is 2.83 bits per heavy atom. The summed E-state index contributed by atoms with van der Waals surface area (Å²) in [6.45, 7) is 2.20. The molecule has 1 heterocycles. The number of anilines is 1. The molecule has 0 aliphatic carbocycles. The van der Waals surface area contributed by atoms with E-state index in [0.717, 1.165) is 17.9 Å². The monoisotopic (exact) mass is 257 g/mol. The molecule has 1 aliphatic rings. The highest BCUT2D eigenvalue weighted by Crippen LogP contribution is 2.37. The van der Waals surface area contributed by atoms with Gasteiger partial charge in [-0.15, -0.1) is 0 Å². The summed E-state index contributed by atoms with van der Waals surface area (Å²) in [6, 6.07) is 15.1. The van der Waals surface area contributed by atoms with E-state index in [1.807, 2.05) is 12.1 Å². The van der Waals surface area contributed by atoms with E-state index in [9.17, 15) is 0 Å². The van der Waals surface area contributed by atoms with E-state index < -0.39 is 0 Å². The van der Waals surface area contributed by atoms with E-state index in [0.29, 0.717) is 6.04 Å². The number of nitrogens with one attached hydrogen (secondary N) is 1. The molecule has 0 fully saturated rings. The molecule has 2 aromatic rings. The highest BCUT2D eigenvalue weighted by Gasteiger charge is 2.23. The van der Waals surface area contributed by atoms with Gasteiger partial charge in [0.25, 0.3) is 0 Å². The number of aryl methyl sites for hydroxylation is 1. The molecular weight excluding hydrogens is 242 g/mol. The molecule has 3 rings (SSSR count). The van der Waals surface area contributed by atoms with Gasteiger partial charge in [-0.3, -0.25) is 0 Å². The van der Waals surface area contributed by atoms with Gasteiger partial charge in [0.05, 0.1) is 6.04 Å². The quantitative estimate of drug-likeness (QED) is 0.828. The van der Waals surface area contributed by atoms with Crippen molar-refractivity contribution in [1.82, 2.24) is 0 Å². The third-order valence-electron chi connectivity index (χ3n) is 3.61. The Balaban J connectivity index is 1.93. The number of halogens is 1. The van der Waals surface area contributed by atoms with Crippen LogP contribution in [0.5, 0.6) is 0 Å². The number of fused-ring (bicyclic) bond motifs is 1. The van der Waals surface area contributed by atoms with Crippen LogP contribution in [0, 0.1) is 0 Å². The molecule has 0 bridgehead atoms. The molecule has 1 nitrogen and oxygen atoms in total. The van der Waals surface area contributed by atoms with Crippen molar-refractivity contribution < 1.29 is 0 Å². The molecule has 2 heteroatoms. The normalized spacial score (nSPS) is 17.3. The van der Waals surface area contributed by atoms with E-state index in [2.05, 4.69) is 42.6 Å². The molecule has 0 radical (unpaired) electrons. The summed E-state index contributed by atoms with van der Waals surface area (Å²) in [5, 5.41) is 4.45. The van der Waals surface area contributed by atoms with E-state index >= 15 is 0 Å². The Morgan fingerprint density at radius 1 is 1.22 bits per heavy atom. The van der Waals surface area contributed by atoms with E-state index in [1.165, 1.54) is 22.4 Å². The summed E-state index contributed by atoms with van der Waals surface area (Å²) in [5.41, 5.74) is 5.40. The number of hydrogen-bond acceptors (Lipinski definition) is 1. The molecule has 0 aromatic heterocycles. The number of benzene rings is 2. The Morgan fingerprint density at radius 2 is 2.06 bits per heavy atom. The maximum absolute atomic E-state index is 6.07. The first-order valence-electron chi connectivity index (χ1n) is 6.40. The Kier molecular flexibility index (Phi) is 3.00. The van der Waals surface area contributed by atoms with Crippen LogP contribution in [-0.2, 0) is 12.8 Å². The van der Waals surface area contributed by atoms with Crippen molar-refractivity contribution >= 4 is 17.3 Å². The third-order valence-corrected chi connectivity index (χ3v) is 3.85. The largest absolute Gasteiger partial charge is 0.377 e. The van der Waals surface area contributed by atoms with Crippen molar-refractivity contribution in [3.05, 3.63) is 64.2 Å². The van der Waals surface area contributed by atoms with Gasteiger partial charge in [-0.2, -0.15) is 0 Å². The first-order chi connectivity index (χ1) is 8.78. The fourth-order valence-electron chi connectivity index (χ4n) is 2.67. The van der Waals surface area contributed by atoms with Gasteiger partial charge in [0.15, 0.2) is 0 Å². The van der Waals surface area contributed by atoms with Gasteiger partial charge >= 0.3 is 0 Å². The van der Waals surface area contributed by atoms with Crippen molar-refractivity contribution in [3.63, 3.8) is 0 Å². The topological polar surface area (TPSA) is 12.0 Å². The first kappa shape index (κ1) is 11.6. The Labute approximate surface area is 113 Å². The molecule has 0 saturated heterocycles. The van der Waals surface area contributed by atoms with E-state index in [-0.39, 0.29) is 0 Å². The zero-order chi connectivity index (χ0) is 12.5. The molecule has 1 aliphatic heterocycles. The first-order valence-corrected chi connectivity index (χ1v) is 6.78. The lowest BCUT2D eigenvalue weighted by molar-refractivity contribution is 0.824. The SMILES string of the molecule is CCc1cccc2c1NC(c1cccc(Cl)c1)C2. The zero-order valence-electron chi connectivity index (χ0n) is 10.4. The molecule has 1 N–H and O–H groups in total. The second kappa shape index (κ2) is 4.66. The van der Waals surface area contributed by atoms with Crippen LogP contribution in [0.15, 0.2) is 42.5 Å². The van der Waals surface area contributed by atoms with Gasteiger partial charge in [0.1, 0.15) is 0 Å². The van der Waals surface area contributed by atoms with Gasteiger partial charge < -0.3 is 5.32 Å². The van der Waals surface area contributed by atoms with Crippen LogP contribution in [0.4, 0.5) is 5.69 Å². The molecule has 0 saturated carbocycles. The van der Waals surface area contributed by atoms with Crippen LogP contribution < -0.4 is 5.32 Å². The van der Waals surface area contributed by atoms with Crippen molar-refractivity contribution in [3.8, 4) is 0 Å². The molecular formula is C16H16ClN. The lowest BCUT2D eigenvalue weighted by atomic mass is 10.0. The van der Waals surface area contributed by atoms with Gasteiger partial charge in [0, 0.05) is 10.7 Å². The average molecular weight is 258 g/mol. The summed E-state index contributed by atoms with van der Waals surface area (Å²) >= 11 is 6.07. The van der Waals surface area contributed by atoms with Crippen molar-refractivity contribution in [2.75, 3.05) is 5.32 Å². The lowest BCUT2D eigenvalue weighted by Gasteiger charge is -2.13. The van der Waals surface area contributed by atoms with Gasteiger partial charge in [-0.25, -0.2) is 0 Å². The van der Waals surface area contributed by atoms with Crippen molar-refractivity contribution in [2.45, 2.75) is 25.8 Å². The highest BCUT2D eigenvalue weighted by molar-refractivity contribution is 6.30. The fraction of sp³-hybridized carbons (Fsp3) is 0.250.